The van der Waals surface area contributed by atoms with E-state index in [0.29, 0.717) is 5.25 Å². The molecule has 0 amide bonds. The number of thiophene rings is 1. The third-order valence-electron chi connectivity index (χ3n) is 1.63. The number of carboxylic acids is 1. The molecule has 1 heterocycles. The highest BCUT2D eigenvalue weighted by Crippen LogP contribution is 2.24. The zero-order valence-electron chi connectivity index (χ0n) is 8.77. The van der Waals surface area contributed by atoms with Crippen LogP contribution in [0.2, 0.25) is 0 Å². The Morgan fingerprint density at radius 3 is 2.93 bits per heavy atom. The molecule has 0 unspecified atom stereocenters. The van der Waals surface area contributed by atoms with Gasteiger partial charge in [-0.25, -0.2) is 4.79 Å². The molecule has 0 spiro atoms. The highest BCUT2D eigenvalue weighted by atomic mass is 32.2. The minimum Gasteiger partial charge on any atom is -0.478 e. The summed E-state index contributed by atoms with van der Waals surface area (Å²) in [6.07, 6.45) is 2.81. The van der Waals surface area contributed by atoms with Crippen LogP contribution < -0.4 is 0 Å². The summed E-state index contributed by atoms with van der Waals surface area (Å²) in [5.74, 6) is 0.102. The molecule has 1 aromatic rings. The lowest BCUT2D eigenvalue weighted by molar-refractivity contribution is -0.131. The molecule has 82 valence electrons. The zero-order chi connectivity index (χ0) is 11.3. The maximum Gasteiger partial charge on any atom is 0.328 e. The second-order valence-electron chi connectivity index (χ2n) is 3.34. The van der Waals surface area contributed by atoms with E-state index in [-0.39, 0.29) is 0 Å². The number of hydrogen-bond donors (Lipinski definition) is 1. The van der Waals surface area contributed by atoms with Gasteiger partial charge in [0, 0.05) is 21.6 Å². The average Bonchev–Trinajstić information content (AvgIpc) is 2.59. The zero-order valence-corrected chi connectivity index (χ0v) is 10.4. The molecule has 0 fully saturated rings. The molecule has 1 aromatic heterocycles. The van der Waals surface area contributed by atoms with Crippen molar-refractivity contribution in [1.82, 2.24) is 0 Å². The molecular weight excluding hydrogens is 228 g/mol. The van der Waals surface area contributed by atoms with Crippen LogP contribution in [0, 0.1) is 0 Å². The molecule has 0 aliphatic heterocycles. The summed E-state index contributed by atoms with van der Waals surface area (Å²) in [5.41, 5.74) is 0. The molecule has 0 saturated carbocycles. The first-order valence-electron chi connectivity index (χ1n) is 4.69. The third kappa shape index (κ3) is 5.04. The average molecular weight is 242 g/mol. The third-order valence-corrected chi connectivity index (χ3v) is 4.01. The van der Waals surface area contributed by atoms with Gasteiger partial charge in [0.15, 0.2) is 0 Å². The Bertz CT molecular complexity index is 353. The van der Waals surface area contributed by atoms with Crippen LogP contribution in [-0.4, -0.2) is 16.3 Å². The largest absolute Gasteiger partial charge is 0.478 e. The van der Waals surface area contributed by atoms with E-state index in [4.69, 9.17) is 5.11 Å². The van der Waals surface area contributed by atoms with E-state index >= 15 is 0 Å². The van der Waals surface area contributed by atoms with Crippen molar-refractivity contribution >= 4 is 35.1 Å². The Hall–Kier alpha value is -0.740. The van der Waals surface area contributed by atoms with Crippen LogP contribution in [-0.2, 0) is 10.5 Å². The van der Waals surface area contributed by atoms with Gasteiger partial charge in [0.25, 0.3) is 0 Å². The summed E-state index contributed by atoms with van der Waals surface area (Å²) in [5, 5.41) is 9.10. The quantitative estimate of drug-likeness (QED) is 0.803. The second kappa shape index (κ2) is 5.98. The van der Waals surface area contributed by atoms with Crippen LogP contribution in [0.25, 0.3) is 6.08 Å². The van der Waals surface area contributed by atoms with Gasteiger partial charge in [0.1, 0.15) is 0 Å². The van der Waals surface area contributed by atoms with Crippen LogP contribution in [0.4, 0.5) is 0 Å². The first kappa shape index (κ1) is 12.3. The summed E-state index contributed by atoms with van der Waals surface area (Å²) in [4.78, 5) is 12.6. The fourth-order valence-electron chi connectivity index (χ4n) is 0.964. The molecule has 1 N–H and O–H groups in total. The number of hydrogen-bond acceptors (Lipinski definition) is 3. The highest BCUT2D eigenvalue weighted by molar-refractivity contribution is 7.99. The number of rotatable bonds is 5. The Labute approximate surface area is 98.0 Å². The minimum atomic E-state index is -0.901. The molecule has 0 aliphatic carbocycles. The van der Waals surface area contributed by atoms with Crippen LogP contribution >= 0.6 is 23.1 Å². The lowest BCUT2D eigenvalue weighted by Crippen LogP contribution is -1.86. The van der Waals surface area contributed by atoms with Gasteiger partial charge < -0.3 is 5.11 Å². The van der Waals surface area contributed by atoms with Gasteiger partial charge in [-0.1, -0.05) is 13.8 Å². The summed E-state index contributed by atoms with van der Waals surface area (Å²) >= 11 is 3.54. The van der Waals surface area contributed by atoms with Crippen molar-refractivity contribution in [2.75, 3.05) is 0 Å². The first-order valence-corrected chi connectivity index (χ1v) is 6.56. The molecule has 4 heteroatoms. The Kier molecular flexibility index (Phi) is 4.91. The van der Waals surface area contributed by atoms with Gasteiger partial charge in [0.2, 0.25) is 0 Å². The van der Waals surface area contributed by atoms with Gasteiger partial charge in [-0.3, -0.25) is 0 Å². The number of thioether (sulfide) groups is 1. The van der Waals surface area contributed by atoms with E-state index in [9.17, 15) is 4.79 Å². The molecule has 0 bridgehead atoms. The lowest BCUT2D eigenvalue weighted by atomic mass is 10.4. The Morgan fingerprint density at radius 1 is 1.60 bits per heavy atom. The molecular formula is C11H14O2S2. The van der Waals surface area contributed by atoms with E-state index in [1.807, 2.05) is 17.8 Å². The summed E-state index contributed by atoms with van der Waals surface area (Å²) in [6, 6.07) is 4.02. The molecule has 2 nitrogen and oxygen atoms in total. The van der Waals surface area contributed by atoms with Gasteiger partial charge in [-0.05, 0) is 23.5 Å². The summed E-state index contributed by atoms with van der Waals surface area (Å²) in [6.45, 7) is 4.34. The van der Waals surface area contributed by atoms with Gasteiger partial charge in [-0.15, -0.1) is 11.3 Å². The molecule has 0 radical (unpaired) electrons. The molecule has 1 rings (SSSR count). The van der Waals surface area contributed by atoms with Crippen LogP contribution in [0.3, 0.4) is 0 Å². The number of carbonyl (C=O) groups is 1. The van der Waals surface area contributed by atoms with Crippen LogP contribution in [0.5, 0.6) is 0 Å². The Balaban J connectivity index is 2.52. The SMILES string of the molecule is CC(C)SCc1ccc(C=CC(=O)O)s1. The fourth-order valence-corrected chi connectivity index (χ4v) is 2.71. The standard InChI is InChI=1S/C11H14O2S2/c1-8(2)14-7-10-4-3-9(15-10)5-6-11(12)13/h3-6,8H,7H2,1-2H3,(H,12,13). The highest BCUT2D eigenvalue weighted by Gasteiger charge is 2.00. The van der Waals surface area contributed by atoms with Gasteiger partial charge >= 0.3 is 5.97 Å². The van der Waals surface area contributed by atoms with Crippen LogP contribution in [0.15, 0.2) is 18.2 Å². The summed E-state index contributed by atoms with van der Waals surface area (Å²) in [7, 11) is 0. The molecule has 15 heavy (non-hydrogen) atoms. The van der Waals surface area contributed by atoms with E-state index < -0.39 is 5.97 Å². The van der Waals surface area contributed by atoms with Crippen molar-refractivity contribution in [2.24, 2.45) is 0 Å². The predicted octanol–water partition coefficient (Wildman–Crippen LogP) is 3.49. The number of aliphatic carboxylic acids is 1. The normalized spacial score (nSPS) is 11.4. The molecule has 0 atom stereocenters. The monoisotopic (exact) mass is 242 g/mol. The smallest absolute Gasteiger partial charge is 0.328 e. The van der Waals surface area contributed by atoms with Gasteiger partial charge in [0.05, 0.1) is 0 Å². The predicted molar refractivity (Wildman–Crippen MR) is 67.4 cm³/mol. The second-order valence-corrected chi connectivity index (χ2v) is 6.10. The van der Waals surface area contributed by atoms with Crippen molar-refractivity contribution in [2.45, 2.75) is 24.9 Å². The molecule has 0 aliphatic rings. The fraction of sp³-hybridized carbons (Fsp3) is 0.364. The summed E-state index contributed by atoms with van der Waals surface area (Å²) < 4.78 is 0. The minimum absolute atomic E-state index is 0.630. The first-order chi connectivity index (χ1) is 7.08. The maximum absolute atomic E-state index is 10.3. The van der Waals surface area contributed by atoms with Crippen LogP contribution in [0.1, 0.15) is 23.6 Å². The number of carboxylic acid groups (broad SMARTS) is 1. The molecule has 0 aromatic carbocycles. The molecule has 0 saturated heterocycles. The maximum atomic E-state index is 10.3. The van der Waals surface area contributed by atoms with E-state index in [1.54, 1.807) is 17.4 Å². The van der Waals surface area contributed by atoms with Crippen molar-refractivity contribution in [3.05, 3.63) is 28.0 Å². The lowest BCUT2D eigenvalue weighted by Gasteiger charge is -2.01. The van der Waals surface area contributed by atoms with Crippen molar-refractivity contribution in [3.8, 4) is 0 Å². The van der Waals surface area contributed by atoms with Crippen molar-refractivity contribution in [1.29, 1.82) is 0 Å². The van der Waals surface area contributed by atoms with E-state index in [1.165, 1.54) is 11.0 Å². The van der Waals surface area contributed by atoms with Crippen molar-refractivity contribution < 1.29 is 9.90 Å². The van der Waals surface area contributed by atoms with E-state index in [2.05, 4.69) is 19.9 Å². The van der Waals surface area contributed by atoms with Crippen molar-refractivity contribution in [3.63, 3.8) is 0 Å². The Morgan fingerprint density at radius 2 is 2.33 bits per heavy atom. The van der Waals surface area contributed by atoms with E-state index in [0.717, 1.165) is 10.6 Å². The topological polar surface area (TPSA) is 37.3 Å². The van der Waals surface area contributed by atoms with Gasteiger partial charge in [-0.2, -0.15) is 11.8 Å².